The Kier molecular flexibility index (Phi) is 38.3. The van der Waals surface area contributed by atoms with Gasteiger partial charge in [-0.15, -0.1) is 0 Å². The molecule has 0 aromatic rings. The molecule has 11 unspecified atom stereocenters. The van der Waals surface area contributed by atoms with Crippen LogP contribution in [0, 0.1) is 0 Å². The van der Waals surface area contributed by atoms with E-state index in [2.05, 4.69) is 50.3 Å². The first-order valence-corrected chi connectivity index (χ1v) is 27.1. The summed E-state index contributed by atoms with van der Waals surface area (Å²) in [7, 11) is 0. The lowest BCUT2D eigenvalue weighted by molar-refractivity contribution is -0.332. The first kappa shape index (κ1) is 62.3. The van der Waals surface area contributed by atoms with Crippen LogP contribution in [-0.2, 0) is 33.2 Å². The zero-order valence-corrected chi connectivity index (χ0v) is 42.3. The van der Waals surface area contributed by atoms with Gasteiger partial charge in [0, 0.05) is 13.0 Å². The van der Waals surface area contributed by atoms with E-state index in [-0.39, 0.29) is 25.6 Å². The van der Waals surface area contributed by atoms with Crippen molar-refractivity contribution in [3.8, 4) is 0 Å². The molecule has 0 aromatic heterocycles. The van der Waals surface area contributed by atoms with E-state index in [0.717, 1.165) is 51.4 Å². The van der Waals surface area contributed by atoms with Crippen LogP contribution in [0.2, 0.25) is 0 Å². The Bertz CT molecular complexity index is 1260. The van der Waals surface area contributed by atoms with Crippen molar-refractivity contribution in [2.45, 2.75) is 268 Å². The van der Waals surface area contributed by atoms with Gasteiger partial charge in [-0.3, -0.25) is 4.79 Å². The maximum absolute atomic E-state index is 12.9. The molecule has 7 N–H and O–H groups in total. The average Bonchev–Trinajstić information content (AvgIpc) is 3.34. The molecule has 0 radical (unpaired) electrons. The molecule has 2 fully saturated rings. The van der Waals surface area contributed by atoms with Gasteiger partial charge in [-0.25, -0.2) is 0 Å². The summed E-state index contributed by atoms with van der Waals surface area (Å²) in [6.45, 7) is 3.64. The largest absolute Gasteiger partial charge is 0.457 e. The molecule has 2 aliphatic heterocycles. The summed E-state index contributed by atoms with van der Waals surface area (Å²) in [6.07, 6.45) is 30.9. The van der Waals surface area contributed by atoms with E-state index < -0.39 is 80.7 Å². The van der Waals surface area contributed by atoms with Crippen molar-refractivity contribution in [2.75, 3.05) is 33.0 Å². The number of unbranched alkanes of at least 4 members (excludes halogenated alkanes) is 23. The summed E-state index contributed by atoms with van der Waals surface area (Å²) in [5, 5.41) is 72.0. The van der Waals surface area contributed by atoms with Gasteiger partial charge in [-0.05, 0) is 51.4 Å². The molecule has 0 saturated carbocycles. The number of ether oxygens (including phenoxy) is 6. The van der Waals surface area contributed by atoms with Crippen LogP contribution >= 0.6 is 0 Å². The van der Waals surface area contributed by atoms with E-state index in [1.165, 1.54) is 122 Å². The van der Waals surface area contributed by atoms with Crippen molar-refractivity contribution < 1.29 is 69.0 Å². The van der Waals surface area contributed by atoms with Gasteiger partial charge < -0.3 is 64.2 Å². The van der Waals surface area contributed by atoms with Crippen molar-refractivity contribution >= 4 is 5.97 Å². The molecule has 398 valence electrons. The Balaban J connectivity index is 1.65. The molecule has 2 heterocycles. The van der Waals surface area contributed by atoms with E-state index in [1.807, 2.05) is 0 Å². The van der Waals surface area contributed by atoms with E-state index in [9.17, 15) is 40.5 Å². The second-order valence-electron chi connectivity index (χ2n) is 19.1. The van der Waals surface area contributed by atoms with Crippen molar-refractivity contribution in [3.05, 3.63) is 36.5 Å². The SMILES string of the molecule is CCCCCCC/C=C\C/C=C\C/C=C\CCCCCCCCCCCCCOCC(COC1OC(COC2OC(CO)C(O)C(O)C2O)C(O)C(O)C1O)OC(=O)CCCCCCCCCC. The fourth-order valence-corrected chi connectivity index (χ4v) is 8.47. The van der Waals surface area contributed by atoms with E-state index in [1.54, 1.807) is 0 Å². The van der Waals surface area contributed by atoms with Gasteiger partial charge in [0.05, 0.1) is 26.4 Å². The lowest BCUT2D eigenvalue weighted by Crippen LogP contribution is -2.61. The van der Waals surface area contributed by atoms with Crippen molar-refractivity contribution in [2.24, 2.45) is 0 Å². The molecule has 0 spiro atoms. The van der Waals surface area contributed by atoms with Crippen LogP contribution in [-0.4, -0.2) is 142 Å². The van der Waals surface area contributed by atoms with Gasteiger partial charge >= 0.3 is 5.97 Å². The van der Waals surface area contributed by atoms with Gasteiger partial charge in [0.15, 0.2) is 12.6 Å². The number of allylic oxidation sites excluding steroid dienone is 6. The highest BCUT2D eigenvalue weighted by Crippen LogP contribution is 2.26. The topological polar surface area (TPSA) is 214 Å². The lowest BCUT2D eigenvalue weighted by Gasteiger charge is -2.42. The molecule has 0 aliphatic carbocycles. The summed E-state index contributed by atoms with van der Waals surface area (Å²) in [5.74, 6) is -0.381. The van der Waals surface area contributed by atoms with Crippen LogP contribution in [0.3, 0.4) is 0 Å². The summed E-state index contributed by atoms with van der Waals surface area (Å²) in [4.78, 5) is 12.9. The molecule has 0 aromatic carbocycles. The van der Waals surface area contributed by atoms with E-state index in [4.69, 9.17) is 28.4 Å². The summed E-state index contributed by atoms with van der Waals surface area (Å²) < 4.78 is 34.2. The molecule has 0 amide bonds. The van der Waals surface area contributed by atoms with Crippen LogP contribution in [0.25, 0.3) is 0 Å². The standard InChI is InChI=1S/C54H98O14/c1-3-5-7-9-11-13-14-15-16-17-18-19-20-21-22-23-24-25-26-27-28-29-30-32-34-36-38-63-40-43(66-46(56)37-35-33-31-12-10-8-6-4-2)41-64-53-52(62)50(60)48(58)45(68-53)42-65-54-51(61)49(59)47(57)44(39-55)67-54/h14-15,17-18,20-21,43-45,47-55,57-62H,3-13,16,19,22-42H2,1-2H3/b15-14-,18-17-,21-20-. The highest BCUT2D eigenvalue weighted by atomic mass is 16.7. The predicted molar refractivity (Wildman–Crippen MR) is 266 cm³/mol. The van der Waals surface area contributed by atoms with Crippen LogP contribution < -0.4 is 0 Å². The summed E-state index contributed by atoms with van der Waals surface area (Å²) in [5.41, 5.74) is 0. The van der Waals surface area contributed by atoms with E-state index in [0.29, 0.717) is 13.0 Å². The number of aliphatic hydroxyl groups excluding tert-OH is 7. The normalized spacial score (nSPS) is 26.1. The minimum Gasteiger partial charge on any atom is -0.457 e. The molecule has 14 nitrogen and oxygen atoms in total. The Morgan fingerprint density at radius 1 is 0.485 bits per heavy atom. The van der Waals surface area contributed by atoms with Gasteiger partial charge in [-0.2, -0.15) is 0 Å². The smallest absolute Gasteiger partial charge is 0.306 e. The minimum absolute atomic E-state index is 0.0614. The van der Waals surface area contributed by atoms with Crippen LogP contribution in [0.4, 0.5) is 0 Å². The molecular formula is C54H98O14. The number of rotatable bonds is 43. The predicted octanol–water partition coefficient (Wildman–Crippen LogP) is 8.58. The number of carbonyl (C=O) groups excluding carboxylic acids is 1. The molecular weight excluding hydrogens is 873 g/mol. The van der Waals surface area contributed by atoms with Gasteiger partial charge in [0.1, 0.15) is 54.9 Å². The third kappa shape index (κ3) is 28.9. The van der Waals surface area contributed by atoms with Crippen LogP contribution in [0.15, 0.2) is 36.5 Å². The van der Waals surface area contributed by atoms with Crippen molar-refractivity contribution in [1.29, 1.82) is 0 Å². The highest BCUT2D eigenvalue weighted by Gasteiger charge is 2.47. The molecule has 2 aliphatic rings. The lowest BCUT2D eigenvalue weighted by atomic mass is 9.98. The van der Waals surface area contributed by atoms with Gasteiger partial charge in [-0.1, -0.05) is 179 Å². The second-order valence-corrected chi connectivity index (χ2v) is 19.1. The third-order valence-corrected chi connectivity index (χ3v) is 12.9. The molecule has 68 heavy (non-hydrogen) atoms. The molecule has 0 bridgehead atoms. The Hall–Kier alpha value is -1.79. The number of hydrogen-bond donors (Lipinski definition) is 7. The fraction of sp³-hybridized carbons (Fsp3) is 0.870. The Morgan fingerprint density at radius 3 is 1.43 bits per heavy atom. The second kappa shape index (κ2) is 41.8. The van der Waals surface area contributed by atoms with Crippen LogP contribution in [0.5, 0.6) is 0 Å². The van der Waals surface area contributed by atoms with E-state index >= 15 is 0 Å². The minimum atomic E-state index is -1.70. The Morgan fingerprint density at radius 2 is 0.912 bits per heavy atom. The first-order chi connectivity index (χ1) is 33.1. The molecule has 2 saturated heterocycles. The Labute approximate surface area is 410 Å². The van der Waals surface area contributed by atoms with Crippen molar-refractivity contribution in [3.63, 3.8) is 0 Å². The maximum Gasteiger partial charge on any atom is 0.306 e. The maximum atomic E-state index is 12.9. The number of aliphatic hydroxyl groups is 7. The third-order valence-electron chi connectivity index (χ3n) is 12.9. The fourth-order valence-electron chi connectivity index (χ4n) is 8.47. The monoisotopic (exact) mass is 971 g/mol. The molecule has 14 heteroatoms. The highest BCUT2D eigenvalue weighted by molar-refractivity contribution is 5.69. The van der Waals surface area contributed by atoms with Crippen LogP contribution in [0.1, 0.15) is 200 Å². The average molecular weight is 971 g/mol. The summed E-state index contributed by atoms with van der Waals surface area (Å²) >= 11 is 0. The number of esters is 1. The van der Waals surface area contributed by atoms with Gasteiger partial charge in [0.2, 0.25) is 0 Å². The molecule has 11 atom stereocenters. The zero-order valence-electron chi connectivity index (χ0n) is 42.3. The van der Waals surface area contributed by atoms with Gasteiger partial charge in [0.25, 0.3) is 0 Å². The molecule has 2 rings (SSSR count). The zero-order chi connectivity index (χ0) is 49.5. The first-order valence-electron chi connectivity index (χ1n) is 27.1. The summed E-state index contributed by atoms with van der Waals surface area (Å²) in [6, 6.07) is 0. The number of carbonyl (C=O) groups is 1. The number of hydrogen-bond acceptors (Lipinski definition) is 14. The quantitative estimate of drug-likeness (QED) is 0.0173. The van der Waals surface area contributed by atoms with Crippen molar-refractivity contribution in [1.82, 2.24) is 0 Å².